The van der Waals surface area contributed by atoms with E-state index >= 15 is 0 Å². The fourth-order valence-corrected chi connectivity index (χ4v) is 2.90. The van der Waals surface area contributed by atoms with Crippen LogP contribution >= 0.6 is 0 Å². The van der Waals surface area contributed by atoms with Gasteiger partial charge in [-0.05, 0) is 30.9 Å². The van der Waals surface area contributed by atoms with E-state index in [0.717, 1.165) is 19.4 Å². The number of nitrogens with zero attached hydrogens (tertiary/aromatic N) is 1. The summed E-state index contributed by atoms with van der Waals surface area (Å²) < 4.78 is 11.3. The highest BCUT2D eigenvalue weighted by Crippen LogP contribution is 2.40. The van der Waals surface area contributed by atoms with Gasteiger partial charge in [0.15, 0.2) is 11.5 Å². The number of piperidine rings is 1. The molecule has 1 saturated heterocycles. The molecule has 2 amide bonds. The Bertz CT molecular complexity index is 573. The number of hydrogen-bond acceptors (Lipinski definition) is 4. The highest BCUT2D eigenvalue weighted by molar-refractivity contribution is 5.89. The van der Waals surface area contributed by atoms with Crippen molar-refractivity contribution in [2.24, 2.45) is 5.92 Å². The van der Waals surface area contributed by atoms with Crippen LogP contribution in [-0.2, 0) is 0 Å². The van der Waals surface area contributed by atoms with E-state index in [-0.39, 0.29) is 18.6 Å². The molecule has 0 saturated carbocycles. The number of benzene rings is 1. The third kappa shape index (κ3) is 3.11. The topological polar surface area (TPSA) is 71.0 Å². The minimum Gasteiger partial charge on any atom is -0.449 e. The molecule has 6 nitrogen and oxygen atoms in total. The Morgan fingerprint density at radius 1 is 1.41 bits per heavy atom. The van der Waals surface area contributed by atoms with Crippen LogP contribution in [0.15, 0.2) is 18.2 Å². The van der Waals surface area contributed by atoms with E-state index in [4.69, 9.17) is 9.47 Å². The number of fused-ring (bicyclic) bond motifs is 1. The number of nitrogens with one attached hydrogen (secondary N) is 1. The molecule has 2 aliphatic heterocycles. The van der Waals surface area contributed by atoms with Gasteiger partial charge in [-0.15, -0.1) is 0 Å². The zero-order valence-electron chi connectivity index (χ0n) is 13.0. The lowest BCUT2D eigenvalue weighted by Gasteiger charge is -2.31. The molecule has 1 fully saturated rings. The number of anilines is 1. The number of rotatable bonds is 2. The summed E-state index contributed by atoms with van der Waals surface area (Å²) in [6.45, 7) is 5.13. The zero-order chi connectivity index (χ0) is 15.7. The fraction of sp³-hybridized carbons (Fsp3) is 0.562. The van der Waals surface area contributed by atoms with Gasteiger partial charge in [-0.3, -0.25) is 0 Å². The summed E-state index contributed by atoms with van der Waals surface area (Å²) >= 11 is 0. The third-order valence-electron chi connectivity index (χ3n) is 3.97. The maximum Gasteiger partial charge on any atom is 0.321 e. The van der Waals surface area contributed by atoms with Crippen molar-refractivity contribution in [3.63, 3.8) is 0 Å². The second-order valence-electron chi connectivity index (χ2n) is 6.33. The van der Waals surface area contributed by atoms with E-state index in [1.807, 2.05) is 13.8 Å². The van der Waals surface area contributed by atoms with Gasteiger partial charge in [0, 0.05) is 45.3 Å². The predicted molar refractivity (Wildman–Crippen MR) is 82.2 cm³/mol. The van der Waals surface area contributed by atoms with Gasteiger partial charge in [0.1, 0.15) is 0 Å². The average Bonchev–Trinajstić information content (AvgIpc) is 2.80. The number of amides is 2. The quantitative estimate of drug-likeness (QED) is 0.880. The van der Waals surface area contributed by atoms with E-state index in [9.17, 15) is 9.90 Å². The lowest BCUT2D eigenvalue weighted by molar-refractivity contribution is -0.0431. The average molecular weight is 306 g/mol. The van der Waals surface area contributed by atoms with Gasteiger partial charge in [0.2, 0.25) is 5.79 Å². The molecule has 0 spiro atoms. The summed E-state index contributed by atoms with van der Waals surface area (Å²) in [5, 5.41) is 12.1. The van der Waals surface area contributed by atoms with Crippen LogP contribution in [0.3, 0.4) is 0 Å². The van der Waals surface area contributed by atoms with Gasteiger partial charge in [-0.25, -0.2) is 4.79 Å². The summed E-state index contributed by atoms with van der Waals surface area (Å²) in [5.74, 6) is 0.819. The molecule has 2 N–H and O–H groups in total. The maximum atomic E-state index is 12.3. The van der Waals surface area contributed by atoms with Gasteiger partial charge < -0.3 is 24.8 Å². The number of carbonyl (C=O) groups is 1. The highest BCUT2D eigenvalue weighted by Gasteiger charge is 2.32. The summed E-state index contributed by atoms with van der Waals surface area (Å²) in [6.07, 6.45) is 1.90. The summed E-state index contributed by atoms with van der Waals surface area (Å²) in [5.41, 5.74) is 0.677. The van der Waals surface area contributed by atoms with Crippen LogP contribution in [0.1, 0.15) is 26.7 Å². The molecule has 3 rings (SSSR count). The summed E-state index contributed by atoms with van der Waals surface area (Å²) in [4.78, 5) is 14.1. The Morgan fingerprint density at radius 3 is 2.95 bits per heavy atom. The van der Waals surface area contributed by atoms with Crippen LogP contribution in [0, 0.1) is 5.92 Å². The van der Waals surface area contributed by atoms with Gasteiger partial charge in [-0.1, -0.05) is 0 Å². The van der Waals surface area contributed by atoms with E-state index in [2.05, 4.69) is 5.32 Å². The molecule has 0 bridgehead atoms. The number of ether oxygens (including phenoxy) is 2. The molecule has 0 aromatic heterocycles. The van der Waals surface area contributed by atoms with Crippen molar-refractivity contribution in [2.45, 2.75) is 32.5 Å². The van der Waals surface area contributed by atoms with Crippen molar-refractivity contribution in [3.8, 4) is 11.5 Å². The number of aliphatic hydroxyl groups excluding tert-OH is 1. The fourth-order valence-electron chi connectivity index (χ4n) is 2.90. The Kier molecular flexibility index (Phi) is 3.87. The number of likely N-dealkylation sites (tertiary alicyclic amines) is 1. The van der Waals surface area contributed by atoms with E-state index in [1.165, 1.54) is 0 Å². The number of hydrogen-bond donors (Lipinski definition) is 2. The first kappa shape index (κ1) is 15.0. The molecule has 6 heteroatoms. The van der Waals surface area contributed by atoms with Crippen LogP contribution in [0.25, 0.3) is 0 Å². The van der Waals surface area contributed by atoms with E-state index in [1.54, 1.807) is 23.1 Å². The van der Waals surface area contributed by atoms with E-state index in [0.29, 0.717) is 23.7 Å². The van der Waals surface area contributed by atoms with Gasteiger partial charge in [0.05, 0.1) is 0 Å². The van der Waals surface area contributed by atoms with Crippen LogP contribution in [0.2, 0.25) is 0 Å². The van der Waals surface area contributed by atoms with Crippen molar-refractivity contribution < 1.29 is 19.4 Å². The molecule has 2 heterocycles. The monoisotopic (exact) mass is 306 g/mol. The smallest absolute Gasteiger partial charge is 0.321 e. The molecule has 0 radical (unpaired) electrons. The van der Waals surface area contributed by atoms with Crippen LogP contribution in [0.4, 0.5) is 10.5 Å². The molecular formula is C16H22N2O4. The molecule has 1 aromatic carbocycles. The van der Waals surface area contributed by atoms with Crippen molar-refractivity contribution in [1.29, 1.82) is 0 Å². The molecule has 2 aliphatic rings. The number of carbonyl (C=O) groups excluding carboxylic acids is 1. The lowest BCUT2D eigenvalue weighted by Crippen LogP contribution is -2.43. The minimum absolute atomic E-state index is 0.128. The predicted octanol–water partition coefficient (Wildman–Crippen LogP) is 2.43. The normalized spacial score (nSPS) is 22.5. The van der Waals surface area contributed by atoms with E-state index < -0.39 is 5.79 Å². The maximum absolute atomic E-state index is 12.3. The third-order valence-corrected chi connectivity index (χ3v) is 3.97. The minimum atomic E-state index is -0.674. The van der Waals surface area contributed by atoms with Crippen molar-refractivity contribution in [3.05, 3.63) is 18.2 Å². The molecular weight excluding hydrogens is 284 g/mol. The van der Waals surface area contributed by atoms with Crippen LogP contribution in [-0.4, -0.2) is 41.5 Å². The van der Waals surface area contributed by atoms with Crippen molar-refractivity contribution >= 4 is 11.7 Å². The molecule has 120 valence electrons. The zero-order valence-corrected chi connectivity index (χ0v) is 13.0. The second kappa shape index (κ2) is 5.68. The molecule has 1 aromatic rings. The SMILES string of the molecule is CC1(C)Oc2ccc(NC(=O)N3CCCC(CO)C3)cc2O1. The molecule has 0 aliphatic carbocycles. The lowest BCUT2D eigenvalue weighted by atomic mass is 9.99. The van der Waals surface area contributed by atoms with Gasteiger partial charge >= 0.3 is 6.03 Å². The Labute approximate surface area is 130 Å². The van der Waals surface area contributed by atoms with Crippen molar-refractivity contribution in [2.75, 3.05) is 25.0 Å². The molecule has 22 heavy (non-hydrogen) atoms. The Balaban J connectivity index is 1.65. The largest absolute Gasteiger partial charge is 0.449 e. The summed E-state index contributed by atoms with van der Waals surface area (Å²) in [7, 11) is 0. The standard InChI is InChI=1S/C16H22N2O4/c1-16(2)21-13-6-5-12(8-14(13)22-16)17-15(20)18-7-3-4-11(9-18)10-19/h5-6,8,11,19H,3-4,7,9-10H2,1-2H3,(H,17,20). The van der Waals surface area contributed by atoms with Crippen molar-refractivity contribution in [1.82, 2.24) is 4.90 Å². The first-order chi connectivity index (χ1) is 10.5. The van der Waals surface area contributed by atoms with Crippen LogP contribution in [0.5, 0.6) is 11.5 Å². The van der Waals surface area contributed by atoms with Gasteiger partial charge in [-0.2, -0.15) is 0 Å². The van der Waals surface area contributed by atoms with Gasteiger partial charge in [0.25, 0.3) is 0 Å². The second-order valence-corrected chi connectivity index (χ2v) is 6.33. The highest BCUT2D eigenvalue weighted by atomic mass is 16.7. The Hall–Kier alpha value is -1.95. The summed E-state index contributed by atoms with van der Waals surface area (Å²) in [6, 6.07) is 5.23. The first-order valence-electron chi connectivity index (χ1n) is 7.66. The molecule has 1 atom stereocenters. The Morgan fingerprint density at radius 2 is 2.18 bits per heavy atom. The first-order valence-corrected chi connectivity index (χ1v) is 7.66. The number of urea groups is 1. The molecule has 1 unspecified atom stereocenters. The number of aliphatic hydroxyl groups is 1. The van der Waals surface area contributed by atoms with Crippen LogP contribution < -0.4 is 14.8 Å².